The van der Waals surface area contributed by atoms with Gasteiger partial charge in [0.25, 0.3) is 0 Å². The Hall–Kier alpha value is -1.72. The molecule has 0 aliphatic rings. The first-order valence-electron chi connectivity index (χ1n) is 5.09. The van der Waals surface area contributed by atoms with Gasteiger partial charge in [0.1, 0.15) is 0 Å². The summed E-state index contributed by atoms with van der Waals surface area (Å²) in [6.45, 7) is 3.66. The first kappa shape index (κ1) is 13.3. The maximum absolute atomic E-state index is 12.6. The molecule has 0 spiro atoms. The van der Waals surface area contributed by atoms with Crippen molar-refractivity contribution in [3.8, 4) is 0 Å². The molecule has 0 heterocycles. The molecule has 0 radical (unpaired) electrons. The predicted molar refractivity (Wildman–Crippen MR) is 62.0 cm³/mol. The normalized spacial score (nSPS) is 12.6. The number of hydrogen-bond donors (Lipinski definition) is 2. The minimum Gasteiger partial charge on any atom is -0.370 e. The van der Waals surface area contributed by atoms with Gasteiger partial charge in [-0.25, -0.2) is 0 Å². The fraction of sp³-hybridized carbons (Fsp3) is 0.364. The van der Waals surface area contributed by atoms with Crippen molar-refractivity contribution in [2.24, 2.45) is 10.7 Å². The number of aryl methyl sites for hydroxylation is 1. The van der Waals surface area contributed by atoms with E-state index in [9.17, 15) is 13.2 Å². The molecule has 3 nitrogen and oxygen atoms in total. The van der Waals surface area contributed by atoms with Gasteiger partial charge in [-0.05, 0) is 31.5 Å². The minimum atomic E-state index is -4.36. The topological polar surface area (TPSA) is 50.4 Å². The molecule has 94 valence electrons. The molecule has 0 unspecified atom stereocenters. The summed E-state index contributed by atoms with van der Waals surface area (Å²) < 4.78 is 37.9. The molecule has 0 bridgehead atoms. The first-order valence-corrected chi connectivity index (χ1v) is 5.09. The lowest BCUT2D eigenvalue weighted by Gasteiger charge is -2.12. The lowest BCUT2D eigenvalue weighted by Crippen LogP contribution is -2.23. The minimum absolute atomic E-state index is 0.101. The van der Waals surface area contributed by atoms with Crippen LogP contribution >= 0.6 is 0 Å². The predicted octanol–water partition coefficient (Wildman–Crippen LogP) is 2.76. The number of nitrogens with two attached hydrogens (primary N) is 1. The molecule has 0 fully saturated rings. The first-order chi connectivity index (χ1) is 7.84. The van der Waals surface area contributed by atoms with Crippen molar-refractivity contribution in [2.45, 2.75) is 20.0 Å². The van der Waals surface area contributed by atoms with Gasteiger partial charge < -0.3 is 11.1 Å². The zero-order valence-corrected chi connectivity index (χ0v) is 9.60. The van der Waals surface area contributed by atoms with Crippen molar-refractivity contribution in [1.82, 2.24) is 0 Å². The molecule has 6 heteroatoms. The van der Waals surface area contributed by atoms with Crippen LogP contribution in [-0.2, 0) is 6.18 Å². The second-order valence-electron chi connectivity index (χ2n) is 3.51. The zero-order valence-electron chi connectivity index (χ0n) is 9.60. The van der Waals surface area contributed by atoms with E-state index in [1.165, 1.54) is 19.1 Å². The van der Waals surface area contributed by atoms with Crippen molar-refractivity contribution in [3.05, 3.63) is 29.3 Å². The number of halogens is 3. The summed E-state index contributed by atoms with van der Waals surface area (Å²) in [5.41, 5.74) is 5.25. The third-order valence-corrected chi connectivity index (χ3v) is 2.14. The van der Waals surface area contributed by atoms with Crippen LogP contribution in [0.3, 0.4) is 0 Å². The van der Waals surface area contributed by atoms with Crippen molar-refractivity contribution < 1.29 is 13.2 Å². The van der Waals surface area contributed by atoms with Crippen molar-refractivity contribution in [3.63, 3.8) is 0 Å². The maximum Gasteiger partial charge on any atom is 0.416 e. The van der Waals surface area contributed by atoms with E-state index >= 15 is 0 Å². The molecule has 17 heavy (non-hydrogen) atoms. The van der Waals surface area contributed by atoms with Crippen LogP contribution in [0.5, 0.6) is 0 Å². The highest BCUT2D eigenvalue weighted by molar-refractivity contribution is 5.92. The Bertz CT molecular complexity index is 424. The Morgan fingerprint density at radius 2 is 2.06 bits per heavy atom. The van der Waals surface area contributed by atoms with Gasteiger partial charge in [-0.1, -0.05) is 6.07 Å². The van der Waals surface area contributed by atoms with Crippen LogP contribution in [0, 0.1) is 6.92 Å². The van der Waals surface area contributed by atoms with Crippen LogP contribution in [0.2, 0.25) is 0 Å². The van der Waals surface area contributed by atoms with E-state index in [0.717, 1.165) is 6.07 Å². The molecule has 0 amide bonds. The van der Waals surface area contributed by atoms with Crippen LogP contribution in [0.4, 0.5) is 18.9 Å². The van der Waals surface area contributed by atoms with Gasteiger partial charge in [0.15, 0.2) is 5.96 Å². The van der Waals surface area contributed by atoms with Crippen LogP contribution in [0.25, 0.3) is 0 Å². The third kappa shape index (κ3) is 3.65. The number of anilines is 1. The van der Waals surface area contributed by atoms with E-state index in [1.807, 2.05) is 0 Å². The molecule has 0 atom stereocenters. The van der Waals surface area contributed by atoms with Gasteiger partial charge in [0.05, 0.1) is 5.56 Å². The SMILES string of the molecule is CCN=C(N)Nc1ccc(C)c(C(F)(F)F)c1. The number of hydrogen-bond acceptors (Lipinski definition) is 1. The number of alkyl halides is 3. The van der Waals surface area contributed by atoms with Crippen molar-refractivity contribution in [1.29, 1.82) is 0 Å². The van der Waals surface area contributed by atoms with Crippen molar-refractivity contribution >= 4 is 11.6 Å². The molecular weight excluding hydrogens is 231 g/mol. The molecule has 0 aromatic heterocycles. The van der Waals surface area contributed by atoms with Crippen LogP contribution in [0.15, 0.2) is 23.2 Å². The van der Waals surface area contributed by atoms with Gasteiger partial charge >= 0.3 is 6.18 Å². The summed E-state index contributed by atoms with van der Waals surface area (Å²) in [6.07, 6.45) is -4.36. The number of nitrogens with one attached hydrogen (secondary N) is 1. The summed E-state index contributed by atoms with van der Waals surface area (Å²) in [5.74, 6) is 0.101. The van der Waals surface area contributed by atoms with E-state index in [-0.39, 0.29) is 17.2 Å². The van der Waals surface area contributed by atoms with Gasteiger partial charge in [0.2, 0.25) is 0 Å². The quantitative estimate of drug-likeness (QED) is 0.621. The van der Waals surface area contributed by atoms with E-state index < -0.39 is 11.7 Å². The fourth-order valence-electron chi connectivity index (χ4n) is 1.36. The highest BCUT2D eigenvalue weighted by Gasteiger charge is 2.32. The molecule has 0 aliphatic heterocycles. The van der Waals surface area contributed by atoms with Crippen LogP contribution in [-0.4, -0.2) is 12.5 Å². The van der Waals surface area contributed by atoms with Gasteiger partial charge in [-0.2, -0.15) is 13.2 Å². The lowest BCUT2D eigenvalue weighted by atomic mass is 10.1. The summed E-state index contributed by atoms with van der Waals surface area (Å²) in [7, 11) is 0. The largest absolute Gasteiger partial charge is 0.416 e. The van der Waals surface area contributed by atoms with E-state index in [4.69, 9.17) is 5.73 Å². The monoisotopic (exact) mass is 245 g/mol. The summed E-state index contributed by atoms with van der Waals surface area (Å²) in [6, 6.07) is 3.94. The van der Waals surface area contributed by atoms with E-state index in [0.29, 0.717) is 6.54 Å². The molecule has 1 rings (SSSR count). The highest BCUT2D eigenvalue weighted by atomic mass is 19.4. The molecular formula is C11H14F3N3. The third-order valence-electron chi connectivity index (χ3n) is 2.14. The molecule has 0 saturated carbocycles. The fourth-order valence-corrected chi connectivity index (χ4v) is 1.36. The number of nitrogens with zero attached hydrogens (tertiary/aromatic N) is 1. The lowest BCUT2D eigenvalue weighted by molar-refractivity contribution is -0.138. The average Bonchev–Trinajstić information content (AvgIpc) is 2.19. The second-order valence-corrected chi connectivity index (χ2v) is 3.51. The van der Waals surface area contributed by atoms with Gasteiger partial charge in [0, 0.05) is 12.2 Å². The average molecular weight is 245 g/mol. The molecule has 0 saturated heterocycles. The Labute approximate surface area is 97.5 Å². The number of guanidine groups is 1. The Balaban J connectivity index is 3.01. The van der Waals surface area contributed by atoms with Gasteiger partial charge in [-0.3, -0.25) is 4.99 Å². The van der Waals surface area contributed by atoms with E-state index in [2.05, 4.69) is 10.3 Å². The molecule has 3 N–H and O–H groups in total. The Morgan fingerprint density at radius 1 is 1.41 bits per heavy atom. The van der Waals surface area contributed by atoms with Crippen molar-refractivity contribution in [2.75, 3.05) is 11.9 Å². The zero-order chi connectivity index (χ0) is 13.1. The van der Waals surface area contributed by atoms with E-state index in [1.54, 1.807) is 6.92 Å². The van der Waals surface area contributed by atoms with Crippen LogP contribution in [0.1, 0.15) is 18.1 Å². The molecule has 1 aromatic carbocycles. The maximum atomic E-state index is 12.6. The Kier molecular flexibility index (Phi) is 3.98. The molecule has 1 aromatic rings. The standard InChI is InChI=1S/C11H14F3N3/c1-3-16-10(15)17-8-5-4-7(2)9(6-8)11(12,13)14/h4-6H,3H2,1-2H3,(H3,15,16,17). The Morgan fingerprint density at radius 3 is 2.59 bits per heavy atom. The number of rotatable bonds is 2. The summed E-state index contributed by atoms with van der Waals surface area (Å²) in [4.78, 5) is 3.84. The smallest absolute Gasteiger partial charge is 0.370 e. The highest BCUT2D eigenvalue weighted by Crippen LogP contribution is 2.33. The summed E-state index contributed by atoms with van der Waals surface area (Å²) >= 11 is 0. The van der Waals surface area contributed by atoms with Crippen LogP contribution < -0.4 is 11.1 Å². The van der Waals surface area contributed by atoms with Gasteiger partial charge in [-0.15, -0.1) is 0 Å². The molecule has 0 aliphatic carbocycles. The number of aliphatic imine (C=N–C) groups is 1. The second kappa shape index (κ2) is 5.07. The number of benzene rings is 1. The summed E-state index contributed by atoms with van der Waals surface area (Å²) in [5, 5.41) is 2.61.